The molecule has 0 saturated carbocycles. The van der Waals surface area contributed by atoms with Crippen LogP contribution in [0.2, 0.25) is 0 Å². The highest BCUT2D eigenvalue weighted by Crippen LogP contribution is 2.27. The normalized spacial score (nSPS) is 21.6. The molecule has 2 heterocycles. The number of alkyl halides is 1. The summed E-state index contributed by atoms with van der Waals surface area (Å²) in [4.78, 5) is 28.3. The van der Waals surface area contributed by atoms with Crippen LogP contribution in [-0.4, -0.2) is 51.7 Å². The lowest BCUT2D eigenvalue weighted by Gasteiger charge is -2.17. The number of aromatic nitrogens is 1. The van der Waals surface area contributed by atoms with Crippen LogP contribution in [-0.2, 0) is 4.79 Å². The molecule has 6 nitrogen and oxygen atoms in total. The van der Waals surface area contributed by atoms with Gasteiger partial charge in [-0.1, -0.05) is 6.07 Å². The average molecular weight is 296 g/mol. The standard InChI is InChI=1S/C14H17FN2O4/c1-9(2)21-11-5-3-4-10(16-11)12(18)17-7-6-14(15,8-17)13(19)20/h3-5,9H,6-8H2,1-2H3,(H,19,20)/t14-/m1/s1. The third-order valence-corrected chi connectivity index (χ3v) is 3.19. The van der Waals surface area contributed by atoms with Gasteiger partial charge in [-0.25, -0.2) is 14.2 Å². The van der Waals surface area contributed by atoms with Gasteiger partial charge in [0.1, 0.15) is 5.69 Å². The minimum atomic E-state index is -2.37. The topological polar surface area (TPSA) is 79.7 Å². The van der Waals surface area contributed by atoms with Crippen LogP contribution in [0.5, 0.6) is 5.88 Å². The molecule has 21 heavy (non-hydrogen) atoms. The Morgan fingerprint density at radius 1 is 1.48 bits per heavy atom. The Hall–Kier alpha value is -2.18. The second kappa shape index (κ2) is 5.67. The van der Waals surface area contributed by atoms with E-state index in [1.807, 2.05) is 13.8 Å². The van der Waals surface area contributed by atoms with Crippen molar-refractivity contribution in [1.29, 1.82) is 0 Å². The zero-order valence-corrected chi connectivity index (χ0v) is 11.9. The molecule has 1 amide bonds. The van der Waals surface area contributed by atoms with Gasteiger partial charge in [0.05, 0.1) is 12.6 Å². The molecule has 7 heteroatoms. The van der Waals surface area contributed by atoms with Crippen molar-refractivity contribution < 1.29 is 23.8 Å². The lowest BCUT2D eigenvalue weighted by Crippen LogP contribution is -2.39. The predicted molar refractivity (Wildman–Crippen MR) is 72.0 cm³/mol. The molecule has 1 atom stereocenters. The van der Waals surface area contributed by atoms with Crippen molar-refractivity contribution in [3.05, 3.63) is 23.9 Å². The van der Waals surface area contributed by atoms with Crippen molar-refractivity contribution in [2.45, 2.75) is 32.0 Å². The summed E-state index contributed by atoms with van der Waals surface area (Å²) in [7, 11) is 0. The Bertz CT molecular complexity index is 564. The fraction of sp³-hybridized carbons (Fsp3) is 0.500. The van der Waals surface area contributed by atoms with Crippen LogP contribution in [0.1, 0.15) is 30.8 Å². The van der Waals surface area contributed by atoms with E-state index in [4.69, 9.17) is 9.84 Å². The second-order valence-corrected chi connectivity index (χ2v) is 5.27. The number of carbonyl (C=O) groups excluding carboxylic acids is 1. The van der Waals surface area contributed by atoms with Gasteiger partial charge in [0.2, 0.25) is 11.5 Å². The smallest absolute Gasteiger partial charge is 0.343 e. The molecule has 1 aromatic heterocycles. The van der Waals surface area contributed by atoms with E-state index in [9.17, 15) is 14.0 Å². The first kappa shape index (κ1) is 15.2. The molecule has 1 saturated heterocycles. The molecule has 114 valence electrons. The summed E-state index contributed by atoms with van der Waals surface area (Å²) >= 11 is 0. The third-order valence-electron chi connectivity index (χ3n) is 3.19. The Labute approximate surface area is 121 Å². The molecule has 1 N–H and O–H groups in total. The fourth-order valence-corrected chi connectivity index (χ4v) is 2.12. The van der Waals surface area contributed by atoms with Gasteiger partial charge in [-0.05, 0) is 19.9 Å². The number of ether oxygens (including phenoxy) is 1. The van der Waals surface area contributed by atoms with Gasteiger partial charge in [0, 0.05) is 19.0 Å². The summed E-state index contributed by atoms with van der Waals surface area (Å²) in [6.45, 7) is 3.26. The molecule has 0 aliphatic carbocycles. The summed E-state index contributed by atoms with van der Waals surface area (Å²) < 4.78 is 19.4. The second-order valence-electron chi connectivity index (χ2n) is 5.27. The van der Waals surface area contributed by atoms with Crippen LogP contribution in [0, 0.1) is 0 Å². The zero-order chi connectivity index (χ0) is 15.6. The summed E-state index contributed by atoms with van der Waals surface area (Å²) in [5.74, 6) is -1.73. The van der Waals surface area contributed by atoms with Crippen LogP contribution >= 0.6 is 0 Å². The molecule has 0 unspecified atom stereocenters. The SMILES string of the molecule is CC(C)Oc1cccc(C(=O)N2CC[C@](F)(C(=O)O)C2)n1. The van der Waals surface area contributed by atoms with Crippen molar-refractivity contribution in [2.24, 2.45) is 0 Å². The largest absolute Gasteiger partial charge is 0.479 e. The molecule has 2 rings (SSSR count). The number of carboxylic acid groups (broad SMARTS) is 1. The van der Waals surface area contributed by atoms with Gasteiger partial charge < -0.3 is 14.7 Å². The number of hydrogen-bond acceptors (Lipinski definition) is 4. The minimum absolute atomic E-state index is 0.0541. The summed E-state index contributed by atoms with van der Waals surface area (Å²) in [6.07, 6.45) is -0.295. The van der Waals surface area contributed by atoms with E-state index in [1.54, 1.807) is 12.1 Å². The van der Waals surface area contributed by atoms with E-state index in [-0.39, 0.29) is 24.8 Å². The van der Waals surface area contributed by atoms with E-state index >= 15 is 0 Å². The van der Waals surface area contributed by atoms with Crippen LogP contribution in [0.15, 0.2) is 18.2 Å². The molecule has 1 aliphatic heterocycles. The fourth-order valence-electron chi connectivity index (χ4n) is 2.12. The van der Waals surface area contributed by atoms with Crippen molar-refractivity contribution >= 4 is 11.9 Å². The number of aliphatic carboxylic acids is 1. The minimum Gasteiger partial charge on any atom is -0.479 e. The number of nitrogens with zero attached hydrogens (tertiary/aromatic N) is 2. The van der Waals surface area contributed by atoms with Gasteiger partial charge in [0.25, 0.3) is 5.91 Å². The highest BCUT2D eigenvalue weighted by molar-refractivity contribution is 5.93. The molecule has 1 fully saturated rings. The lowest BCUT2D eigenvalue weighted by molar-refractivity contribution is -0.149. The Morgan fingerprint density at radius 3 is 2.76 bits per heavy atom. The Balaban J connectivity index is 2.13. The van der Waals surface area contributed by atoms with Crippen LogP contribution in [0.4, 0.5) is 4.39 Å². The van der Waals surface area contributed by atoms with E-state index in [0.717, 1.165) is 4.90 Å². The van der Waals surface area contributed by atoms with Crippen molar-refractivity contribution in [2.75, 3.05) is 13.1 Å². The maximum Gasteiger partial charge on any atom is 0.343 e. The van der Waals surface area contributed by atoms with Gasteiger partial charge >= 0.3 is 5.97 Å². The number of rotatable bonds is 4. The highest BCUT2D eigenvalue weighted by Gasteiger charge is 2.47. The highest BCUT2D eigenvalue weighted by atomic mass is 19.1. The van der Waals surface area contributed by atoms with Crippen molar-refractivity contribution in [3.8, 4) is 5.88 Å². The number of carboxylic acids is 1. The number of likely N-dealkylation sites (tertiary alicyclic amines) is 1. The molecule has 1 aromatic rings. The zero-order valence-electron chi connectivity index (χ0n) is 11.9. The first-order chi connectivity index (χ1) is 9.82. The summed E-state index contributed by atoms with van der Waals surface area (Å²) in [5.41, 5.74) is -2.26. The van der Waals surface area contributed by atoms with Crippen LogP contribution in [0.3, 0.4) is 0 Å². The average Bonchev–Trinajstić information content (AvgIpc) is 2.81. The van der Waals surface area contributed by atoms with Crippen LogP contribution in [0.25, 0.3) is 0 Å². The number of pyridine rings is 1. The monoisotopic (exact) mass is 296 g/mol. The number of halogens is 1. The summed E-state index contributed by atoms with van der Waals surface area (Å²) in [5, 5.41) is 8.84. The van der Waals surface area contributed by atoms with E-state index in [0.29, 0.717) is 5.88 Å². The molecule has 0 radical (unpaired) electrons. The third kappa shape index (κ3) is 3.29. The number of amides is 1. The van der Waals surface area contributed by atoms with Crippen molar-refractivity contribution in [3.63, 3.8) is 0 Å². The molecule has 0 aromatic carbocycles. The maximum absolute atomic E-state index is 14.0. The molecular weight excluding hydrogens is 279 g/mol. The predicted octanol–water partition coefficient (Wildman–Crippen LogP) is 1.51. The van der Waals surface area contributed by atoms with Gasteiger partial charge in [-0.3, -0.25) is 4.79 Å². The summed E-state index contributed by atoms with van der Waals surface area (Å²) in [6, 6.07) is 4.74. The molecule has 0 spiro atoms. The molecular formula is C14H17FN2O4. The maximum atomic E-state index is 14.0. The van der Waals surface area contributed by atoms with Gasteiger partial charge in [-0.15, -0.1) is 0 Å². The number of hydrogen-bond donors (Lipinski definition) is 1. The Morgan fingerprint density at radius 2 is 2.19 bits per heavy atom. The number of carbonyl (C=O) groups is 2. The van der Waals surface area contributed by atoms with Crippen LogP contribution < -0.4 is 4.74 Å². The first-order valence-corrected chi connectivity index (χ1v) is 6.67. The van der Waals surface area contributed by atoms with Gasteiger partial charge in [-0.2, -0.15) is 0 Å². The molecule has 1 aliphatic rings. The van der Waals surface area contributed by atoms with Crippen molar-refractivity contribution in [1.82, 2.24) is 9.88 Å². The van der Waals surface area contributed by atoms with E-state index in [1.165, 1.54) is 6.07 Å². The van der Waals surface area contributed by atoms with E-state index < -0.39 is 24.1 Å². The molecule has 0 bridgehead atoms. The first-order valence-electron chi connectivity index (χ1n) is 6.67. The lowest BCUT2D eigenvalue weighted by atomic mass is 10.1. The Kier molecular flexibility index (Phi) is 4.11. The van der Waals surface area contributed by atoms with Gasteiger partial charge in [0.15, 0.2) is 0 Å². The van der Waals surface area contributed by atoms with E-state index in [2.05, 4.69) is 4.98 Å². The quantitative estimate of drug-likeness (QED) is 0.911.